The van der Waals surface area contributed by atoms with Gasteiger partial charge in [-0.05, 0) is 35.6 Å². The number of benzene rings is 2. The zero-order chi connectivity index (χ0) is 22.8. The molecule has 166 valence electrons. The molecule has 1 N–H and O–H groups in total. The first-order chi connectivity index (χ1) is 14.6. The van der Waals surface area contributed by atoms with Crippen LogP contribution < -0.4 is 5.32 Å². The standard InChI is InChI=1S/C21H21F2NO6S/c1-29-21(26)19-15(4-3-5-17(19)22)12-6-7-13(18(23)9-12)10-24-20(25)16-8-14(16)11-30-31(2,27)28/h3-7,9,14,16H,8,10-11H2,1-2H3,(H,24,25). The summed E-state index contributed by atoms with van der Waals surface area (Å²) < 4.78 is 60.0. The third kappa shape index (κ3) is 5.65. The monoisotopic (exact) mass is 453 g/mol. The summed E-state index contributed by atoms with van der Waals surface area (Å²) in [5.74, 6) is -3.16. The fourth-order valence-electron chi connectivity index (χ4n) is 3.21. The third-order valence-corrected chi connectivity index (χ3v) is 5.54. The highest BCUT2D eigenvalue weighted by Gasteiger charge is 2.43. The van der Waals surface area contributed by atoms with Crippen LogP contribution in [0.15, 0.2) is 36.4 Å². The number of ether oxygens (including phenoxy) is 1. The molecule has 1 aliphatic rings. The second kappa shape index (κ2) is 9.11. The largest absolute Gasteiger partial charge is 0.465 e. The second-order valence-corrected chi connectivity index (χ2v) is 8.91. The highest BCUT2D eigenvalue weighted by molar-refractivity contribution is 7.85. The van der Waals surface area contributed by atoms with Gasteiger partial charge >= 0.3 is 5.97 Å². The molecular weight excluding hydrogens is 432 g/mol. The number of carbonyl (C=O) groups is 2. The Kier molecular flexibility index (Phi) is 6.71. The van der Waals surface area contributed by atoms with E-state index in [1.165, 1.54) is 24.3 Å². The SMILES string of the molecule is COC(=O)c1c(F)cccc1-c1ccc(CNC(=O)C2CC2COS(C)(=O)=O)c(F)c1. The van der Waals surface area contributed by atoms with Gasteiger partial charge in [-0.1, -0.05) is 24.3 Å². The molecule has 2 unspecified atom stereocenters. The first-order valence-corrected chi connectivity index (χ1v) is 11.2. The maximum absolute atomic E-state index is 14.6. The molecule has 0 saturated heterocycles. The van der Waals surface area contributed by atoms with E-state index in [0.29, 0.717) is 6.42 Å². The minimum Gasteiger partial charge on any atom is -0.465 e. The molecule has 0 heterocycles. The first-order valence-electron chi connectivity index (χ1n) is 9.38. The zero-order valence-electron chi connectivity index (χ0n) is 16.9. The average Bonchev–Trinajstić information content (AvgIpc) is 3.50. The molecule has 1 fully saturated rings. The molecule has 2 atom stereocenters. The van der Waals surface area contributed by atoms with Crippen molar-refractivity contribution in [3.8, 4) is 11.1 Å². The predicted molar refractivity (Wildman–Crippen MR) is 107 cm³/mol. The van der Waals surface area contributed by atoms with Gasteiger partial charge in [-0.15, -0.1) is 0 Å². The number of hydrogen-bond donors (Lipinski definition) is 1. The van der Waals surface area contributed by atoms with Crippen molar-refractivity contribution in [3.63, 3.8) is 0 Å². The number of hydrogen-bond acceptors (Lipinski definition) is 6. The Hall–Kier alpha value is -2.85. The topological polar surface area (TPSA) is 98.8 Å². The molecule has 1 aliphatic carbocycles. The molecule has 7 nitrogen and oxygen atoms in total. The van der Waals surface area contributed by atoms with Gasteiger partial charge in [0.1, 0.15) is 17.2 Å². The van der Waals surface area contributed by atoms with Crippen molar-refractivity contribution in [1.29, 1.82) is 0 Å². The second-order valence-electron chi connectivity index (χ2n) is 7.27. The van der Waals surface area contributed by atoms with Gasteiger partial charge in [0.25, 0.3) is 10.1 Å². The van der Waals surface area contributed by atoms with Gasteiger partial charge in [0.15, 0.2) is 0 Å². The van der Waals surface area contributed by atoms with Crippen molar-refractivity contribution >= 4 is 22.0 Å². The average molecular weight is 453 g/mol. The zero-order valence-corrected chi connectivity index (χ0v) is 17.7. The summed E-state index contributed by atoms with van der Waals surface area (Å²) in [7, 11) is -2.44. The van der Waals surface area contributed by atoms with Crippen molar-refractivity contribution in [3.05, 3.63) is 59.2 Å². The molecule has 0 radical (unpaired) electrons. The minimum atomic E-state index is -3.56. The summed E-state index contributed by atoms with van der Waals surface area (Å²) in [5.41, 5.74) is 0.389. The van der Waals surface area contributed by atoms with Crippen LogP contribution in [0.5, 0.6) is 0 Å². The summed E-state index contributed by atoms with van der Waals surface area (Å²) in [6.45, 7) is -0.135. The fraction of sp³-hybridized carbons (Fsp3) is 0.333. The van der Waals surface area contributed by atoms with Crippen LogP contribution in [0.1, 0.15) is 22.3 Å². The Morgan fingerprint density at radius 3 is 2.55 bits per heavy atom. The van der Waals surface area contributed by atoms with Crippen LogP contribution in [0.4, 0.5) is 8.78 Å². The summed E-state index contributed by atoms with van der Waals surface area (Å²) in [5, 5.41) is 2.62. The molecule has 0 spiro atoms. The van der Waals surface area contributed by atoms with E-state index in [9.17, 15) is 26.8 Å². The number of esters is 1. The highest BCUT2D eigenvalue weighted by atomic mass is 32.2. The van der Waals surface area contributed by atoms with E-state index in [4.69, 9.17) is 0 Å². The Morgan fingerprint density at radius 1 is 1.16 bits per heavy atom. The van der Waals surface area contributed by atoms with E-state index in [0.717, 1.165) is 25.5 Å². The van der Waals surface area contributed by atoms with E-state index in [1.807, 2.05) is 0 Å². The molecule has 31 heavy (non-hydrogen) atoms. The minimum absolute atomic E-state index is 0.0594. The van der Waals surface area contributed by atoms with Crippen molar-refractivity contribution in [1.82, 2.24) is 5.32 Å². The Labute approximate surface area is 178 Å². The predicted octanol–water partition coefficient (Wildman–Crippen LogP) is 2.65. The normalized spacial score (nSPS) is 17.8. The van der Waals surface area contributed by atoms with Gasteiger partial charge in [-0.3, -0.25) is 8.98 Å². The maximum Gasteiger partial charge on any atom is 0.341 e. The van der Waals surface area contributed by atoms with Crippen LogP contribution in [-0.2, 0) is 30.4 Å². The molecule has 10 heteroatoms. The summed E-state index contributed by atoms with van der Waals surface area (Å²) in [6.07, 6.45) is 1.44. The van der Waals surface area contributed by atoms with Crippen molar-refractivity contribution < 1.29 is 35.7 Å². The van der Waals surface area contributed by atoms with Gasteiger partial charge < -0.3 is 10.1 Å². The maximum atomic E-state index is 14.6. The lowest BCUT2D eigenvalue weighted by molar-refractivity contribution is -0.122. The van der Waals surface area contributed by atoms with Gasteiger partial charge in [-0.25, -0.2) is 13.6 Å². The third-order valence-electron chi connectivity index (χ3n) is 4.98. The Bertz CT molecular complexity index is 1120. The van der Waals surface area contributed by atoms with E-state index >= 15 is 0 Å². The molecule has 1 saturated carbocycles. The number of rotatable bonds is 8. The summed E-state index contributed by atoms with van der Waals surface area (Å²) in [4.78, 5) is 24.1. The highest BCUT2D eigenvalue weighted by Crippen LogP contribution is 2.39. The van der Waals surface area contributed by atoms with Crippen LogP contribution in [0.2, 0.25) is 0 Å². The van der Waals surface area contributed by atoms with Crippen LogP contribution in [-0.4, -0.2) is 40.3 Å². The van der Waals surface area contributed by atoms with Crippen LogP contribution in [0.25, 0.3) is 11.1 Å². The molecule has 2 aromatic rings. The van der Waals surface area contributed by atoms with Crippen LogP contribution in [0, 0.1) is 23.5 Å². The lowest BCUT2D eigenvalue weighted by Crippen LogP contribution is -2.26. The molecule has 1 amide bonds. The quantitative estimate of drug-likeness (QED) is 0.487. The smallest absolute Gasteiger partial charge is 0.341 e. The molecule has 2 aromatic carbocycles. The van der Waals surface area contributed by atoms with E-state index < -0.39 is 27.7 Å². The van der Waals surface area contributed by atoms with E-state index in [1.54, 1.807) is 0 Å². The van der Waals surface area contributed by atoms with E-state index in [-0.39, 0.29) is 53.1 Å². The number of carbonyl (C=O) groups excluding carboxylic acids is 2. The number of nitrogens with one attached hydrogen (secondary N) is 1. The summed E-state index contributed by atoms with van der Waals surface area (Å²) in [6, 6.07) is 8.12. The lowest BCUT2D eigenvalue weighted by atomic mass is 9.98. The van der Waals surface area contributed by atoms with Crippen molar-refractivity contribution in [2.24, 2.45) is 11.8 Å². The van der Waals surface area contributed by atoms with Gasteiger partial charge in [-0.2, -0.15) is 8.42 Å². The van der Waals surface area contributed by atoms with Gasteiger partial charge in [0, 0.05) is 18.0 Å². The number of methoxy groups -OCH3 is 1. The summed E-state index contributed by atoms with van der Waals surface area (Å²) >= 11 is 0. The molecule has 3 rings (SSSR count). The molecule has 0 aliphatic heterocycles. The van der Waals surface area contributed by atoms with Gasteiger partial charge in [0.2, 0.25) is 5.91 Å². The molecular formula is C21H21F2NO6S. The lowest BCUT2D eigenvalue weighted by Gasteiger charge is -2.11. The number of amides is 1. The van der Waals surface area contributed by atoms with E-state index in [2.05, 4.69) is 14.2 Å². The van der Waals surface area contributed by atoms with Crippen molar-refractivity contribution in [2.45, 2.75) is 13.0 Å². The van der Waals surface area contributed by atoms with Crippen LogP contribution >= 0.6 is 0 Å². The first kappa shape index (κ1) is 22.8. The number of halogens is 2. The van der Waals surface area contributed by atoms with Gasteiger partial charge in [0.05, 0.1) is 20.0 Å². The Balaban J connectivity index is 1.66. The fourth-order valence-corrected chi connectivity index (χ4v) is 3.63. The molecule has 0 aromatic heterocycles. The van der Waals surface area contributed by atoms with Crippen molar-refractivity contribution in [2.75, 3.05) is 20.0 Å². The Morgan fingerprint density at radius 2 is 1.90 bits per heavy atom. The molecule has 0 bridgehead atoms. The van der Waals surface area contributed by atoms with Crippen LogP contribution in [0.3, 0.4) is 0 Å².